The fourth-order valence-corrected chi connectivity index (χ4v) is 2.00. The summed E-state index contributed by atoms with van der Waals surface area (Å²) in [7, 11) is 0. The van der Waals surface area contributed by atoms with Gasteiger partial charge in [0.15, 0.2) is 0 Å². The van der Waals surface area contributed by atoms with Gasteiger partial charge in [0.05, 0.1) is 18.8 Å². The first-order valence-corrected chi connectivity index (χ1v) is 6.93. The topological polar surface area (TPSA) is 64.1 Å². The lowest BCUT2D eigenvalue weighted by Gasteiger charge is -2.38. The zero-order valence-corrected chi connectivity index (χ0v) is 12.2. The largest absolute Gasteiger partial charge is 0.376 e. The van der Waals surface area contributed by atoms with Crippen molar-refractivity contribution < 1.29 is 9.53 Å². The highest BCUT2D eigenvalue weighted by molar-refractivity contribution is 5.92. The van der Waals surface area contributed by atoms with E-state index in [1.165, 1.54) is 0 Å². The molecule has 5 heteroatoms. The van der Waals surface area contributed by atoms with E-state index in [2.05, 4.69) is 27.1 Å². The molecule has 1 fully saturated rings. The lowest BCUT2D eigenvalue weighted by molar-refractivity contribution is -0.0594. The Hall–Kier alpha value is -2.71. The van der Waals surface area contributed by atoms with Gasteiger partial charge in [-0.2, -0.15) is 0 Å². The van der Waals surface area contributed by atoms with Gasteiger partial charge in [-0.05, 0) is 31.2 Å². The Balaban J connectivity index is 1.68. The standard InChI is InChI=1S/C17H15N3O2/c1-17(11-22-12-17)20-16(21)15-5-4-14(10-19-15)3-2-13-6-8-18-9-7-13/h4-10H,11-12H2,1H3,(H,20,21). The summed E-state index contributed by atoms with van der Waals surface area (Å²) in [5.74, 6) is 5.83. The number of amides is 1. The van der Waals surface area contributed by atoms with Crippen molar-refractivity contribution in [2.75, 3.05) is 13.2 Å². The summed E-state index contributed by atoms with van der Waals surface area (Å²) in [6.07, 6.45) is 4.99. The highest BCUT2D eigenvalue weighted by Gasteiger charge is 2.35. The second-order valence-electron chi connectivity index (χ2n) is 5.43. The molecule has 0 spiro atoms. The van der Waals surface area contributed by atoms with E-state index < -0.39 is 0 Å². The number of hydrogen-bond donors (Lipinski definition) is 1. The van der Waals surface area contributed by atoms with Gasteiger partial charge in [-0.15, -0.1) is 0 Å². The van der Waals surface area contributed by atoms with Crippen LogP contribution in [0.15, 0.2) is 42.9 Å². The number of ether oxygens (including phenoxy) is 1. The zero-order valence-electron chi connectivity index (χ0n) is 12.2. The summed E-state index contributed by atoms with van der Waals surface area (Å²) in [5, 5.41) is 2.92. The van der Waals surface area contributed by atoms with Crippen LogP contribution in [0.25, 0.3) is 0 Å². The summed E-state index contributed by atoms with van der Waals surface area (Å²) in [5.41, 5.74) is 1.74. The summed E-state index contributed by atoms with van der Waals surface area (Å²) >= 11 is 0. The molecule has 0 unspecified atom stereocenters. The third kappa shape index (κ3) is 3.30. The van der Waals surface area contributed by atoms with Crippen LogP contribution >= 0.6 is 0 Å². The molecule has 0 atom stereocenters. The number of carbonyl (C=O) groups excluding carboxylic acids is 1. The first-order valence-electron chi connectivity index (χ1n) is 6.93. The van der Waals surface area contributed by atoms with E-state index in [0.29, 0.717) is 18.9 Å². The lowest BCUT2D eigenvalue weighted by atomic mass is 10.0. The highest BCUT2D eigenvalue weighted by Crippen LogP contribution is 2.16. The number of rotatable bonds is 2. The Bertz CT molecular complexity index is 726. The molecule has 0 bridgehead atoms. The molecule has 110 valence electrons. The maximum atomic E-state index is 12.1. The molecule has 0 aromatic carbocycles. The fourth-order valence-electron chi connectivity index (χ4n) is 2.00. The minimum absolute atomic E-state index is 0.195. The Labute approximate surface area is 128 Å². The minimum atomic E-state index is -0.279. The molecule has 3 rings (SSSR count). The second kappa shape index (κ2) is 5.96. The maximum absolute atomic E-state index is 12.1. The van der Waals surface area contributed by atoms with E-state index >= 15 is 0 Å². The molecule has 1 aliphatic heterocycles. The van der Waals surface area contributed by atoms with Crippen LogP contribution in [0.2, 0.25) is 0 Å². The van der Waals surface area contributed by atoms with Gasteiger partial charge < -0.3 is 10.1 Å². The van der Waals surface area contributed by atoms with Gasteiger partial charge >= 0.3 is 0 Å². The van der Waals surface area contributed by atoms with Gasteiger partial charge in [0.1, 0.15) is 5.69 Å². The molecule has 1 aliphatic rings. The maximum Gasteiger partial charge on any atom is 0.270 e. The molecule has 1 N–H and O–H groups in total. The average Bonchev–Trinajstić information content (AvgIpc) is 2.53. The van der Waals surface area contributed by atoms with Crippen molar-refractivity contribution in [3.8, 4) is 11.8 Å². The van der Waals surface area contributed by atoms with Crippen molar-refractivity contribution in [3.63, 3.8) is 0 Å². The van der Waals surface area contributed by atoms with E-state index in [1.807, 2.05) is 19.1 Å². The normalized spacial score (nSPS) is 15.1. The molecular formula is C17H15N3O2. The molecule has 0 radical (unpaired) electrons. The quantitative estimate of drug-likeness (QED) is 0.850. The molecule has 22 heavy (non-hydrogen) atoms. The Kier molecular flexibility index (Phi) is 3.86. The van der Waals surface area contributed by atoms with E-state index in [-0.39, 0.29) is 11.4 Å². The number of nitrogens with one attached hydrogen (secondary N) is 1. The Morgan fingerprint density at radius 3 is 2.50 bits per heavy atom. The molecule has 2 aromatic heterocycles. The van der Waals surface area contributed by atoms with Crippen LogP contribution in [0, 0.1) is 11.8 Å². The predicted octanol–water partition coefficient (Wildman–Crippen LogP) is 1.40. The van der Waals surface area contributed by atoms with Crippen molar-refractivity contribution in [2.45, 2.75) is 12.5 Å². The summed E-state index contributed by atoms with van der Waals surface area (Å²) in [6.45, 7) is 3.02. The van der Waals surface area contributed by atoms with Gasteiger partial charge in [0.2, 0.25) is 0 Å². The molecule has 0 aliphatic carbocycles. The van der Waals surface area contributed by atoms with E-state index in [9.17, 15) is 4.79 Å². The summed E-state index contributed by atoms with van der Waals surface area (Å²) < 4.78 is 5.11. The Morgan fingerprint density at radius 1 is 1.18 bits per heavy atom. The summed E-state index contributed by atoms with van der Waals surface area (Å²) in [6, 6.07) is 7.14. The smallest absolute Gasteiger partial charge is 0.270 e. The SMILES string of the molecule is CC1(NC(=O)c2ccc(C#Cc3ccncc3)cn2)COC1. The van der Waals surface area contributed by atoms with Gasteiger partial charge in [0.25, 0.3) is 5.91 Å². The lowest BCUT2D eigenvalue weighted by Crippen LogP contribution is -2.60. The second-order valence-corrected chi connectivity index (χ2v) is 5.43. The van der Waals surface area contributed by atoms with Crippen molar-refractivity contribution >= 4 is 5.91 Å². The number of nitrogens with zero attached hydrogens (tertiary/aromatic N) is 2. The van der Waals surface area contributed by atoms with Gasteiger partial charge in [-0.1, -0.05) is 11.8 Å². The molecule has 1 saturated heterocycles. The molecule has 3 heterocycles. The molecule has 5 nitrogen and oxygen atoms in total. The van der Waals surface area contributed by atoms with Crippen LogP contribution < -0.4 is 5.32 Å². The first kappa shape index (κ1) is 14.2. The molecular weight excluding hydrogens is 278 g/mol. The van der Waals surface area contributed by atoms with Crippen molar-refractivity contribution in [1.82, 2.24) is 15.3 Å². The zero-order chi connectivity index (χ0) is 15.4. The van der Waals surface area contributed by atoms with Crippen LogP contribution in [0.1, 0.15) is 28.5 Å². The van der Waals surface area contributed by atoms with Crippen LogP contribution in [0.3, 0.4) is 0 Å². The first-order chi connectivity index (χ1) is 10.6. The van der Waals surface area contributed by atoms with Gasteiger partial charge in [-0.3, -0.25) is 9.78 Å². The van der Waals surface area contributed by atoms with E-state index in [1.54, 1.807) is 30.7 Å². The number of pyridine rings is 2. The van der Waals surface area contributed by atoms with E-state index in [0.717, 1.165) is 11.1 Å². The summed E-state index contributed by atoms with van der Waals surface area (Å²) in [4.78, 5) is 20.2. The highest BCUT2D eigenvalue weighted by atomic mass is 16.5. The van der Waals surface area contributed by atoms with Crippen LogP contribution in [-0.4, -0.2) is 34.6 Å². The monoisotopic (exact) mass is 293 g/mol. The molecule has 0 saturated carbocycles. The predicted molar refractivity (Wildman–Crippen MR) is 81.1 cm³/mol. The minimum Gasteiger partial charge on any atom is -0.376 e. The van der Waals surface area contributed by atoms with Crippen molar-refractivity contribution in [2.24, 2.45) is 0 Å². The number of aromatic nitrogens is 2. The molecule has 2 aromatic rings. The third-order valence-electron chi connectivity index (χ3n) is 3.28. The number of hydrogen-bond acceptors (Lipinski definition) is 4. The van der Waals surface area contributed by atoms with Crippen molar-refractivity contribution in [1.29, 1.82) is 0 Å². The third-order valence-corrected chi connectivity index (χ3v) is 3.28. The van der Waals surface area contributed by atoms with Crippen LogP contribution in [0.4, 0.5) is 0 Å². The van der Waals surface area contributed by atoms with Crippen molar-refractivity contribution in [3.05, 3.63) is 59.7 Å². The fraction of sp³-hybridized carbons (Fsp3) is 0.235. The van der Waals surface area contributed by atoms with Gasteiger partial charge in [0, 0.05) is 29.7 Å². The van der Waals surface area contributed by atoms with E-state index in [4.69, 9.17) is 4.74 Å². The van der Waals surface area contributed by atoms with Crippen LogP contribution in [0.5, 0.6) is 0 Å². The van der Waals surface area contributed by atoms with Crippen LogP contribution in [-0.2, 0) is 4.74 Å². The molecule has 1 amide bonds. The number of carbonyl (C=O) groups is 1. The average molecular weight is 293 g/mol. The Morgan fingerprint density at radius 2 is 1.91 bits per heavy atom. The van der Waals surface area contributed by atoms with Gasteiger partial charge in [-0.25, -0.2) is 4.98 Å².